The molecular formula is C23H20O10. The lowest BCUT2D eigenvalue weighted by atomic mass is 9.97. The summed E-state index contributed by atoms with van der Waals surface area (Å²) < 4.78 is 14.1. The fourth-order valence-corrected chi connectivity index (χ4v) is 2.72. The minimum atomic E-state index is -1.31. The number of carboxylic acid groups (broad SMARTS) is 1. The maximum absolute atomic E-state index is 12.1. The highest BCUT2D eigenvalue weighted by Crippen LogP contribution is 2.26. The molecule has 1 aliphatic rings. The second-order valence-corrected chi connectivity index (χ2v) is 7.09. The van der Waals surface area contributed by atoms with E-state index in [-0.39, 0.29) is 64.8 Å². The zero-order chi connectivity index (χ0) is 24.9. The van der Waals surface area contributed by atoms with Gasteiger partial charge in [0.2, 0.25) is 0 Å². The highest BCUT2D eigenvalue weighted by atomic mass is 16.6. The Bertz CT molecular complexity index is 1120. The van der Waals surface area contributed by atoms with Gasteiger partial charge >= 0.3 is 35.8 Å². The van der Waals surface area contributed by atoms with E-state index in [0.717, 1.165) is 6.07 Å². The number of ether oxygens (including phenoxy) is 3. The minimum Gasteiger partial charge on any atom is -0.478 e. The molecule has 1 aromatic carbocycles. The topological polar surface area (TPSA) is 150 Å². The van der Waals surface area contributed by atoms with Crippen LogP contribution in [0.1, 0.15) is 56.4 Å². The van der Waals surface area contributed by atoms with Crippen LogP contribution in [0.5, 0.6) is 0 Å². The van der Waals surface area contributed by atoms with E-state index >= 15 is 0 Å². The summed E-state index contributed by atoms with van der Waals surface area (Å²) in [6.45, 7) is 11.6. The first-order valence-electron chi connectivity index (χ1n) is 9.53. The Hall–Kier alpha value is -4.34. The van der Waals surface area contributed by atoms with Crippen molar-refractivity contribution in [2.45, 2.75) is 26.2 Å². The molecule has 10 heteroatoms. The molecule has 172 valence electrons. The number of fused-ring (bicyclic) bond motifs is 1. The zero-order valence-corrected chi connectivity index (χ0v) is 17.7. The first kappa shape index (κ1) is 24.9. The lowest BCUT2D eigenvalue weighted by molar-refractivity contribution is -0.154. The molecule has 0 aromatic heterocycles. The summed E-state index contributed by atoms with van der Waals surface area (Å²) in [5.41, 5.74) is -0.280. The molecule has 0 atom stereocenters. The molecule has 1 aliphatic heterocycles. The molecule has 0 bridgehead atoms. The highest BCUT2D eigenvalue weighted by molar-refractivity contribution is 6.16. The van der Waals surface area contributed by atoms with Gasteiger partial charge in [0.25, 0.3) is 0 Å². The Morgan fingerprint density at radius 3 is 2.12 bits per heavy atom. The van der Waals surface area contributed by atoms with E-state index in [2.05, 4.69) is 29.2 Å². The number of aromatic carboxylic acids is 1. The van der Waals surface area contributed by atoms with Crippen LogP contribution in [0.4, 0.5) is 0 Å². The van der Waals surface area contributed by atoms with Gasteiger partial charge in [-0.05, 0) is 37.5 Å². The summed E-state index contributed by atoms with van der Waals surface area (Å²) in [7, 11) is 0. The Kier molecular flexibility index (Phi) is 7.79. The second kappa shape index (κ2) is 10.3. The van der Waals surface area contributed by atoms with Crippen molar-refractivity contribution in [1.82, 2.24) is 0 Å². The standard InChI is InChI=1S/C23H20O10/c1-11(2)19(26)32-21(28)13(4)6-5-12(3)20(27)31-8-7-14-9-15(18(24)25)10-16-17(14)23(30)33-22(16)29/h9-10H,1,3-8H2,2H3,(H,24,25). The molecule has 10 nitrogen and oxygen atoms in total. The van der Waals surface area contributed by atoms with Crippen LogP contribution in [-0.2, 0) is 35.0 Å². The van der Waals surface area contributed by atoms with Crippen molar-refractivity contribution in [3.05, 3.63) is 70.8 Å². The van der Waals surface area contributed by atoms with Crippen molar-refractivity contribution in [2.75, 3.05) is 6.61 Å². The van der Waals surface area contributed by atoms with Crippen molar-refractivity contribution >= 4 is 35.8 Å². The molecule has 0 saturated heterocycles. The number of esters is 5. The quantitative estimate of drug-likeness (QED) is 0.240. The summed E-state index contributed by atoms with van der Waals surface area (Å²) in [6.07, 6.45) is -0.0794. The summed E-state index contributed by atoms with van der Waals surface area (Å²) >= 11 is 0. The lowest BCUT2D eigenvalue weighted by Crippen LogP contribution is -2.15. The minimum absolute atomic E-state index is 0.00124. The highest BCUT2D eigenvalue weighted by Gasteiger charge is 2.33. The normalized spacial score (nSPS) is 11.8. The molecule has 2 rings (SSSR count). The van der Waals surface area contributed by atoms with Crippen LogP contribution in [-0.4, -0.2) is 47.5 Å². The smallest absolute Gasteiger partial charge is 0.347 e. The van der Waals surface area contributed by atoms with Gasteiger partial charge in [0.15, 0.2) is 0 Å². The van der Waals surface area contributed by atoms with E-state index in [1.165, 1.54) is 13.0 Å². The number of rotatable bonds is 10. The first-order valence-corrected chi connectivity index (χ1v) is 9.53. The third kappa shape index (κ3) is 6.10. The predicted molar refractivity (Wildman–Crippen MR) is 111 cm³/mol. The molecular weight excluding hydrogens is 436 g/mol. The molecule has 33 heavy (non-hydrogen) atoms. The summed E-state index contributed by atoms with van der Waals surface area (Å²) in [6, 6.07) is 2.25. The molecule has 0 unspecified atom stereocenters. The van der Waals surface area contributed by atoms with Crippen molar-refractivity contribution in [2.24, 2.45) is 0 Å². The fraction of sp³-hybridized carbons (Fsp3) is 0.217. The number of benzene rings is 1. The number of carbonyl (C=O) groups excluding carboxylic acids is 5. The SMILES string of the molecule is C=C(C)C(=O)OC(=O)C(=C)CCC(=C)C(=O)OCCc1cc(C(=O)O)cc2c1C(=O)OC2=O. The van der Waals surface area contributed by atoms with Gasteiger partial charge in [0.1, 0.15) is 0 Å². The number of carbonyl (C=O) groups is 6. The van der Waals surface area contributed by atoms with E-state index in [1.807, 2.05) is 0 Å². The number of cyclic esters (lactones) is 2. The van der Waals surface area contributed by atoms with Gasteiger partial charge in [0, 0.05) is 23.1 Å². The molecule has 0 radical (unpaired) electrons. The van der Waals surface area contributed by atoms with Gasteiger partial charge in [-0.25, -0.2) is 28.8 Å². The van der Waals surface area contributed by atoms with Crippen molar-refractivity contribution < 1.29 is 48.1 Å². The Balaban J connectivity index is 1.92. The fourth-order valence-electron chi connectivity index (χ4n) is 2.72. The molecule has 0 aliphatic carbocycles. The lowest BCUT2D eigenvalue weighted by Gasteiger charge is -2.10. The zero-order valence-electron chi connectivity index (χ0n) is 17.7. The molecule has 0 saturated carbocycles. The third-order valence-electron chi connectivity index (χ3n) is 4.52. The van der Waals surface area contributed by atoms with E-state index in [1.54, 1.807) is 0 Å². The van der Waals surface area contributed by atoms with Crippen LogP contribution in [0, 0.1) is 0 Å². The third-order valence-corrected chi connectivity index (χ3v) is 4.52. The monoisotopic (exact) mass is 456 g/mol. The average Bonchev–Trinajstić information content (AvgIpc) is 3.04. The summed E-state index contributed by atoms with van der Waals surface area (Å²) in [5.74, 6) is -5.79. The van der Waals surface area contributed by atoms with Crippen LogP contribution >= 0.6 is 0 Å². The van der Waals surface area contributed by atoms with Gasteiger partial charge in [-0.15, -0.1) is 0 Å². The Morgan fingerprint density at radius 2 is 1.55 bits per heavy atom. The van der Waals surface area contributed by atoms with Crippen LogP contribution in [0.15, 0.2) is 48.6 Å². The summed E-state index contributed by atoms with van der Waals surface area (Å²) in [4.78, 5) is 70.2. The molecule has 1 heterocycles. The van der Waals surface area contributed by atoms with Crippen molar-refractivity contribution in [3.8, 4) is 0 Å². The molecule has 0 amide bonds. The van der Waals surface area contributed by atoms with Crippen LogP contribution < -0.4 is 0 Å². The van der Waals surface area contributed by atoms with E-state index in [9.17, 15) is 33.9 Å². The average molecular weight is 456 g/mol. The van der Waals surface area contributed by atoms with Gasteiger partial charge in [-0.2, -0.15) is 0 Å². The maximum atomic E-state index is 12.1. The van der Waals surface area contributed by atoms with Crippen LogP contribution in [0.25, 0.3) is 0 Å². The van der Waals surface area contributed by atoms with Gasteiger partial charge in [-0.3, -0.25) is 0 Å². The molecule has 0 spiro atoms. The second-order valence-electron chi connectivity index (χ2n) is 7.09. The summed E-state index contributed by atoms with van der Waals surface area (Å²) in [5, 5.41) is 9.20. The first-order chi connectivity index (χ1) is 15.4. The largest absolute Gasteiger partial charge is 0.478 e. The van der Waals surface area contributed by atoms with Gasteiger partial charge in [-0.1, -0.05) is 19.7 Å². The van der Waals surface area contributed by atoms with E-state index in [0.29, 0.717) is 0 Å². The Morgan fingerprint density at radius 1 is 0.939 bits per heavy atom. The predicted octanol–water partition coefficient (Wildman–Crippen LogP) is 2.32. The van der Waals surface area contributed by atoms with E-state index in [4.69, 9.17) is 4.74 Å². The molecule has 0 fully saturated rings. The van der Waals surface area contributed by atoms with Crippen LogP contribution in [0.3, 0.4) is 0 Å². The number of hydrogen-bond acceptors (Lipinski definition) is 9. The Labute approximate surface area is 188 Å². The van der Waals surface area contributed by atoms with Crippen LogP contribution in [0.2, 0.25) is 0 Å². The molecule has 1 N–H and O–H groups in total. The van der Waals surface area contributed by atoms with Gasteiger partial charge < -0.3 is 19.3 Å². The van der Waals surface area contributed by atoms with Crippen molar-refractivity contribution in [1.29, 1.82) is 0 Å². The maximum Gasteiger partial charge on any atom is 0.347 e. The van der Waals surface area contributed by atoms with E-state index < -0.39 is 35.8 Å². The number of hydrogen-bond donors (Lipinski definition) is 1. The molecule has 1 aromatic rings. The van der Waals surface area contributed by atoms with Crippen molar-refractivity contribution in [3.63, 3.8) is 0 Å². The van der Waals surface area contributed by atoms with Gasteiger partial charge in [0.05, 0.1) is 23.3 Å². The number of carboxylic acids is 1.